The van der Waals surface area contributed by atoms with E-state index in [4.69, 9.17) is 0 Å². The molecule has 4 rings (SSSR count). The van der Waals surface area contributed by atoms with E-state index in [1.807, 2.05) is 32.1 Å². The maximum Gasteiger partial charge on any atom is 0.132 e. The predicted molar refractivity (Wildman–Crippen MR) is 110 cm³/mol. The number of carbonyl (C=O) groups excluding carboxylic acids is 2. The topological polar surface area (TPSA) is 34.1 Å². The third kappa shape index (κ3) is 6.98. The van der Waals surface area contributed by atoms with Gasteiger partial charge >= 0.3 is 0 Å². The van der Waals surface area contributed by atoms with Crippen LogP contribution in [-0.2, 0) is 26.4 Å². The van der Waals surface area contributed by atoms with Gasteiger partial charge in [0.1, 0.15) is 11.6 Å². The normalized spacial score (nSPS) is 24.1. The molecule has 1 saturated carbocycles. The standard InChI is InChI=1S/C20H28O2.C5H5.Co/c21-15-7-1-3-11-17-19(13-5-9-15)18-12-4-2-8-16(22)10-6-14-20(17)18;1-2-4-5-3-1;/h1-14H2;1-5H;. The van der Waals surface area contributed by atoms with Crippen LogP contribution in [0.2, 0.25) is 0 Å². The molecule has 0 N–H and O–H groups in total. The number of hydrogen-bond donors (Lipinski definition) is 0. The molecule has 6 radical (unpaired) electrons. The van der Waals surface area contributed by atoms with Crippen molar-refractivity contribution in [1.29, 1.82) is 0 Å². The fourth-order valence-corrected chi connectivity index (χ4v) is 4.62. The van der Waals surface area contributed by atoms with Crippen molar-refractivity contribution in [3.05, 3.63) is 54.4 Å². The molecule has 0 heterocycles. The molecule has 4 aliphatic carbocycles. The van der Waals surface area contributed by atoms with Crippen LogP contribution in [0.3, 0.4) is 0 Å². The molecule has 0 bridgehead atoms. The van der Waals surface area contributed by atoms with Crippen molar-refractivity contribution in [3.63, 3.8) is 0 Å². The van der Waals surface area contributed by atoms with Gasteiger partial charge in [0, 0.05) is 42.5 Å². The first-order valence-corrected chi connectivity index (χ1v) is 10.9. The van der Waals surface area contributed by atoms with Gasteiger partial charge in [-0.1, -0.05) is 0 Å². The molecule has 0 unspecified atom stereocenters. The molecule has 0 atom stereocenters. The van der Waals surface area contributed by atoms with E-state index in [0.29, 0.717) is 11.6 Å². The van der Waals surface area contributed by atoms with Gasteiger partial charge in [-0.25, -0.2) is 0 Å². The summed E-state index contributed by atoms with van der Waals surface area (Å²) in [6.45, 7) is 0. The summed E-state index contributed by atoms with van der Waals surface area (Å²) in [5.74, 6) is 0.920. The summed E-state index contributed by atoms with van der Waals surface area (Å²) in [5, 5.41) is 0. The van der Waals surface area contributed by atoms with Crippen LogP contribution >= 0.6 is 0 Å². The number of carbonyl (C=O) groups is 2. The van der Waals surface area contributed by atoms with Gasteiger partial charge in [-0.2, -0.15) is 0 Å². The summed E-state index contributed by atoms with van der Waals surface area (Å²) in [6.07, 6.45) is 24.1. The number of ketones is 2. The summed E-state index contributed by atoms with van der Waals surface area (Å²) in [5.41, 5.74) is 6.46. The van der Waals surface area contributed by atoms with E-state index < -0.39 is 0 Å². The summed E-state index contributed by atoms with van der Waals surface area (Å²) in [6, 6.07) is 0. The van der Waals surface area contributed by atoms with Gasteiger partial charge in [-0.05, 0) is 119 Å². The minimum absolute atomic E-state index is 0. The Kier molecular flexibility index (Phi) is 10.8. The predicted octanol–water partition coefficient (Wildman–Crippen LogP) is 6.24. The van der Waals surface area contributed by atoms with Crippen molar-refractivity contribution in [1.82, 2.24) is 0 Å². The molecule has 28 heavy (non-hydrogen) atoms. The van der Waals surface area contributed by atoms with Crippen molar-refractivity contribution in [2.75, 3.05) is 0 Å². The smallest absolute Gasteiger partial charge is 0.132 e. The van der Waals surface area contributed by atoms with E-state index in [1.54, 1.807) is 22.3 Å². The second-order valence-electron chi connectivity index (χ2n) is 8.08. The zero-order valence-electron chi connectivity index (χ0n) is 16.9. The number of fused-ring (bicyclic) bond motifs is 2. The summed E-state index contributed by atoms with van der Waals surface area (Å²) in [7, 11) is 0. The van der Waals surface area contributed by atoms with Gasteiger partial charge in [0.05, 0.1) is 0 Å². The monoisotopic (exact) mass is 424 g/mol. The minimum atomic E-state index is 0. The van der Waals surface area contributed by atoms with E-state index in [2.05, 4.69) is 0 Å². The number of hydrogen-bond acceptors (Lipinski definition) is 2. The maximum atomic E-state index is 11.7. The Hall–Kier alpha value is -0.674. The van der Waals surface area contributed by atoms with E-state index in [-0.39, 0.29) is 16.8 Å². The molecule has 0 amide bonds. The second-order valence-corrected chi connectivity index (χ2v) is 8.08. The zero-order chi connectivity index (χ0) is 18.9. The Labute approximate surface area is 182 Å². The van der Waals surface area contributed by atoms with Crippen molar-refractivity contribution in [2.45, 2.75) is 89.9 Å². The maximum absolute atomic E-state index is 11.7. The van der Waals surface area contributed by atoms with E-state index in [9.17, 15) is 9.59 Å². The largest absolute Gasteiger partial charge is 0.300 e. The zero-order valence-corrected chi connectivity index (χ0v) is 18.0. The molecule has 3 heteroatoms. The quantitative estimate of drug-likeness (QED) is 0.461. The summed E-state index contributed by atoms with van der Waals surface area (Å²) >= 11 is 0. The third-order valence-corrected chi connectivity index (χ3v) is 6.04. The first kappa shape index (κ1) is 23.6. The van der Waals surface area contributed by atoms with Gasteiger partial charge < -0.3 is 0 Å². The van der Waals surface area contributed by atoms with E-state index in [1.165, 1.54) is 0 Å². The van der Waals surface area contributed by atoms with Crippen molar-refractivity contribution in [3.8, 4) is 0 Å². The molecular formula is C25H33CoO2. The van der Waals surface area contributed by atoms with Crippen molar-refractivity contribution >= 4 is 11.6 Å². The Balaban J connectivity index is 0.000000408. The van der Waals surface area contributed by atoms with Crippen LogP contribution in [0.1, 0.15) is 89.9 Å². The van der Waals surface area contributed by atoms with Gasteiger partial charge in [0.25, 0.3) is 0 Å². The fourth-order valence-electron chi connectivity index (χ4n) is 4.62. The van der Waals surface area contributed by atoms with Crippen LogP contribution in [0.5, 0.6) is 0 Å². The first-order chi connectivity index (χ1) is 13.3. The fraction of sp³-hybridized carbons (Fsp3) is 0.560. The SMILES string of the molecule is O=C1CCCCC2=C(CCC1)C1=C2CCCC(=O)CCCC1.[CH]1[CH][CH][CH][CH]1.[Co]. The van der Waals surface area contributed by atoms with Gasteiger partial charge in [-0.3, -0.25) is 9.59 Å². The molecule has 1 fully saturated rings. The van der Waals surface area contributed by atoms with Gasteiger partial charge in [0.15, 0.2) is 0 Å². The van der Waals surface area contributed by atoms with Crippen LogP contribution < -0.4 is 0 Å². The van der Waals surface area contributed by atoms with Crippen LogP contribution in [-0.4, -0.2) is 11.6 Å². The number of allylic oxidation sites excluding steroid dienone is 4. The molecule has 2 nitrogen and oxygen atoms in total. The third-order valence-electron chi connectivity index (χ3n) is 6.04. The van der Waals surface area contributed by atoms with Crippen molar-refractivity contribution < 1.29 is 26.4 Å². The van der Waals surface area contributed by atoms with E-state index in [0.717, 1.165) is 89.9 Å². The Morgan fingerprint density at radius 2 is 0.643 bits per heavy atom. The van der Waals surface area contributed by atoms with Crippen LogP contribution in [0.25, 0.3) is 0 Å². The number of Topliss-reactive ketones (excluding diaryl/α,β-unsaturated/α-hetero) is 2. The molecular weight excluding hydrogens is 391 g/mol. The Bertz CT molecular complexity index is 529. The van der Waals surface area contributed by atoms with Crippen LogP contribution in [0.4, 0.5) is 0 Å². The Morgan fingerprint density at radius 3 is 1.00 bits per heavy atom. The summed E-state index contributed by atoms with van der Waals surface area (Å²) in [4.78, 5) is 23.5. The average molecular weight is 424 g/mol. The first-order valence-electron chi connectivity index (χ1n) is 10.9. The molecule has 0 aromatic rings. The average Bonchev–Trinajstić information content (AvgIpc) is 3.24. The number of rotatable bonds is 0. The minimum Gasteiger partial charge on any atom is -0.300 e. The molecule has 0 aromatic carbocycles. The van der Waals surface area contributed by atoms with Gasteiger partial charge in [0.2, 0.25) is 0 Å². The van der Waals surface area contributed by atoms with Crippen molar-refractivity contribution in [2.24, 2.45) is 0 Å². The molecule has 4 aliphatic rings. The van der Waals surface area contributed by atoms with Crippen LogP contribution in [0, 0.1) is 32.1 Å². The molecule has 0 spiro atoms. The van der Waals surface area contributed by atoms with E-state index >= 15 is 0 Å². The molecule has 0 aromatic heterocycles. The second kappa shape index (κ2) is 12.8. The Morgan fingerprint density at radius 1 is 0.393 bits per heavy atom. The molecule has 154 valence electrons. The molecule has 0 saturated heterocycles. The summed E-state index contributed by atoms with van der Waals surface area (Å²) < 4.78 is 0. The van der Waals surface area contributed by atoms with Gasteiger partial charge in [-0.15, -0.1) is 0 Å². The molecule has 0 aliphatic heterocycles. The van der Waals surface area contributed by atoms with Crippen LogP contribution in [0.15, 0.2) is 22.3 Å².